The fourth-order valence-corrected chi connectivity index (χ4v) is 2.90. The van der Waals surface area contributed by atoms with Crippen molar-refractivity contribution in [3.8, 4) is 5.75 Å². The van der Waals surface area contributed by atoms with Gasteiger partial charge in [-0.25, -0.2) is 0 Å². The van der Waals surface area contributed by atoms with Crippen molar-refractivity contribution in [2.24, 2.45) is 0 Å². The third-order valence-electron chi connectivity index (χ3n) is 4.79. The summed E-state index contributed by atoms with van der Waals surface area (Å²) in [6.07, 6.45) is 4.01. The molecule has 0 radical (unpaired) electrons. The summed E-state index contributed by atoms with van der Waals surface area (Å²) in [5, 5.41) is 17.1. The van der Waals surface area contributed by atoms with Crippen molar-refractivity contribution in [1.29, 1.82) is 0 Å². The van der Waals surface area contributed by atoms with E-state index in [2.05, 4.69) is 16.0 Å². The van der Waals surface area contributed by atoms with E-state index < -0.39 is 11.9 Å². The Balaban J connectivity index is 2.70. The number of amides is 3. The molecule has 1 aromatic carbocycles. The molecule has 0 aromatic heterocycles. The molecule has 33 heavy (non-hydrogen) atoms. The van der Waals surface area contributed by atoms with Gasteiger partial charge in [-0.2, -0.15) is 0 Å². The van der Waals surface area contributed by atoms with Gasteiger partial charge in [0.25, 0.3) is 5.91 Å². The monoisotopic (exact) mass is 465 g/mol. The average Bonchev–Trinajstić information content (AvgIpc) is 2.82. The molecule has 3 amide bonds. The molecule has 0 bridgehead atoms. The molecule has 4 N–H and O–H groups in total. The summed E-state index contributed by atoms with van der Waals surface area (Å²) in [6, 6.07) is 5.82. The first-order chi connectivity index (χ1) is 16.0. The van der Waals surface area contributed by atoms with Gasteiger partial charge in [-0.05, 0) is 37.5 Å². The minimum atomic E-state index is -0.817. The van der Waals surface area contributed by atoms with Crippen LogP contribution in [-0.4, -0.2) is 68.4 Å². The lowest BCUT2D eigenvalue weighted by molar-refractivity contribution is -0.124. The van der Waals surface area contributed by atoms with Gasteiger partial charge in [0.05, 0.1) is 19.8 Å². The van der Waals surface area contributed by atoms with Gasteiger partial charge in [0.1, 0.15) is 18.4 Å². The number of ether oxygens (including phenoxy) is 2. The Hall–Kier alpha value is -2.65. The molecule has 0 saturated carbocycles. The molecule has 0 heterocycles. The first-order valence-corrected chi connectivity index (χ1v) is 11.8. The van der Waals surface area contributed by atoms with Crippen LogP contribution in [0.1, 0.15) is 62.7 Å². The second-order valence-electron chi connectivity index (χ2n) is 7.63. The van der Waals surface area contributed by atoms with Gasteiger partial charge in [-0.1, -0.05) is 32.8 Å². The van der Waals surface area contributed by atoms with Gasteiger partial charge in [0.15, 0.2) is 0 Å². The molecule has 9 nitrogen and oxygen atoms in total. The topological polar surface area (TPSA) is 126 Å². The number of carbonyl (C=O) groups is 3. The van der Waals surface area contributed by atoms with Gasteiger partial charge in [-0.3, -0.25) is 14.4 Å². The maximum Gasteiger partial charge on any atom is 0.252 e. The third-order valence-corrected chi connectivity index (χ3v) is 4.79. The highest BCUT2D eigenvalue weighted by atomic mass is 16.5. The van der Waals surface area contributed by atoms with Crippen LogP contribution in [-0.2, 0) is 14.3 Å². The summed E-state index contributed by atoms with van der Waals surface area (Å²) < 4.78 is 10.7. The molecule has 1 atom stereocenters. The molecule has 0 fully saturated rings. The highest BCUT2D eigenvalue weighted by Gasteiger charge is 2.22. The lowest BCUT2D eigenvalue weighted by Crippen LogP contribution is -2.47. The molecular weight excluding hydrogens is 426 g/mol. The van der Waals surface area contributed by atoms with E-state index in [1.807, 2.05) is 13.8 Å². The SMILES string of the molecule is CCCCNC(=O)CCC(NC(=O)c1cccc(OCCOCCO)c1)C(=O)NCCCC. The van der Waals surface area contributed by atoms with Crippen molar-refractivity contribution in [1.82, 2.24) is 16.0 Å². The van der Waals surface area contributed by atoms with Crippen molar-refractivity contribution < 1.29 is 29.0 Å². The van der Waals surface area contributed by atoms with E-state index in [4.69, 9.17) is 14.6 Å². The van der Waals surface area contributed by atoms with Crippen LogP contribution in [0.5, 0.6) is 5.75 Å². The maximum absolute atomic E-state index is 12.8. The average molecular weight is 466 g/mol. The minimum absolute atomic E-state index is 0.0523. The van der Waals surface area contributed by atoms with E-state index >= 15 is 0 Å². The number of carbonyl (C=O) groups excluding carboxylic acids is 3. The second-order valence-corrected chi connectivity index (χ2v) is 7.63. The number of aliphatic hydroxyl groups excluding tert-OH is 1. The maximum atomic E-state index is 12.8. The van der Waals surface area contributed by atoms with Gasteiger partial charge in [0, 0.05) is 25.1 Å². The fourth-order valence-electron chi connectivity index (χ4n) is 2.90. The van der Waals surface area contributed by atoms with E-state index in [1.165, 1.54) is 0 Å². The highest BCUT2D eigenvalue weighted by Crippen LogP contribution is 2.14. The Kier molecular flexibility index (Phi) is 15.4. The smallest absolute Gasteiger partial charge is 0.252 e. The van der Waals surface area contributed by atoms with Crippen molar-refractivity contribution in [3.63, 3.8) is 0 Å². The van der Waals surface area contributed by atoms with Crippen LogP contribution < -0.4 is 20.7 Å². The zero-order valence-electron chi connectivity index (χ0n) is 19.9. The van der Waals surface area contributed by atoms with Crippen molar-refractivity contribution in [3.05, 3.63) is 29.8 Å². The standard InChI is InChI=1S/C24H39N3O6/c1-3-5-12-25-22(29)11-10-21(24(31)26-13-6-4-2)27-23(30)19-8-7-9-20(18-19)33-17-16-32-15-14-28/h7-9,18,21,28H,3-6,10-17H2,1-2H3,(H,25,29)(H,26,31)(H,27,30). The first-order valence-electron chi connectivity index (χ1n) is 11.8. The van der Waals surface area contributed by atoms with E-state index in [0.29, 0.717) is 31.0 Å². The summed E-state index contributed by atoms with van der Waals surface area (Å²) in [6.45, 7) is 5.98. The van der Waals surface area contributed by atoms with Gasteiger partial charge >= 0.3 is 0 Å². The molecule has 0 aliphatic rings. The Morgan fingerprint density at radius 2 is 1.73 bits per heavy atom. The quantitative estimate of drug-likeness (QED) is 0.245. The van der Waals surface area contributed by atoms with Crippen LogP contribution in [0, 0.1) is 0 Å². The molecule has 0 aliphatic heterocycles. The summed E-state index contributed by atoms with van der Waals surface area (Å²) in [5.74, 6) is -0.358. The van der Waals surface area contributed by atoms with Gasteiger partial charge in [0.2, 0.25) is 11.8 Å². The molecule has 0 saturated heterocycles. The van der Waals surface area contributed by atoms with E-state index in [9.17, 15) is 14.4 Å². The normalized spacial score (nSPS) is 11.5. The number of aliphatic hydroxyl groups is 1. The summed E-state index contributed by atoms with van der Waals surface area (Å²) in [4.78, 5) is 37.5. The van der Waals surface area contributed by atoms with Crippen molar-refractivity contribution in [2.45, 2.75) is 58.4 Å². The lowest BCUT2D eigenvalue weighted by atomic mass is 10.1. The molecule has 1 rings (SSSR count). The zero-order chi connectivity index (χ0) is 24.3. The molecule has 1 unspecified atom stereocenters. The van der Waals surface area contributed by atoms with Crippen molar-refractivity contribution >= 4 is 17.7 Å². The Morgan fingerprint density at radius 3 is 2.42 bits per heavy atom. The molecule has 9 heteroatoms. The molecule has 186 valence electrons. The van der Waals surface area contributed by atoms with Crippen LogP contribution in [0.4, 0.5) is 0 Å². The Labute approximate surface area is 196 Å². The number of hydrogen-bond acceptors (Lipinski definition) is 6. The van der Waals surface area contributed by atoms with Crippen LogP contribution in [0.2, 0.25) is 0 Å². The molecular formula is C24H39N3O6. The number of unbranched alkanes of at least 4 members (excludes halogenated alkanes) is 2. The number of rotatable bonds is 18. The van der Waals surface area contributed by atoms with Crippen LogP contribution in [0.25, 0.3) is 0 Å². The number of benzene rings is 1. The lowest BCUT2D eigenvalue weighted by Gasteiger charge is -2.19. The number of hydrogen-bond donors (Lipinski definition) is 4. The minimum Gasteiger partial charge on any atom is -0.491 e. The van der Waals surface area contributed by atoms with Gasteiger partial charge < -0.3 is 30.5 Å². The first kappa shape index (κ1) is 28.4. The van der Waals surface area contributed by atoms with Crippen LogP contribution >= 0.6 is 0 Å². The van der Waals surface area contributed by atoms with E-state index in [1.54, 1.807) is 24.3 Å². The second kappa shape index (κ2) is 17.9. The largest absolute Gasteiger partial charge is 0.491 e. The predicted molar refractivity (Wildman–Crippen MR) is 126 cm³/mol. The van der Waals surface area contributed by atoms with Crippen molar-refractivity contribution in [2.75, 3.05) is 39.5 Å². The molecule has 0 aliphatic carbocycles. The fraction of sp³-hybridized carbons (Fsp3) is 0.625. The highest BCUT2D eigenvalue weighted by molar-refractivity contribution is 5.98. The Bertz CT molecular complexity index is 713. The van der Waals surface area contributed by atoms with E-state index in [-0.39, 0.29) is 44.5 Å². The summed E-state index contributed by atoms with van der Waals surface area (Å²) in [5.41, 5.74) is 0.350. The predicted octanol–water partition coefficient (Wildman–Crippen LogP) is 1.79. The molecule has 0 spiro atoms. The number of nitrogens with one attached hydrogen (secondary N) is 3. The zero-order valence-corrected chi connectivity index (χ0v) is 19.9. The Morgan fingerprint density at radius 1 is 1.00 bits per heavy atom. The third kappa shape index (κ3) is 12.8. The van der Waals surface area contributed by atoms with Crippen LogP contribution in [0.15, 0.2) is 24.3 Å². The van der Waals surface area contributed by atoms with Crippen LogP contribution in [0.3, 0.4) is 0 Å². The van der Waals surface area contributed by atoms with Gasteiger partial charge in [-0.15, -0.1) is 0 Å². The molecule has 1 aromatic rings. The van der Waals surface area contributed by atoms with E-state index in [0.717, 1.165) is 25.7 Å². The summed E-state index contributed by atoms with van der Waals surface area (Å²) in [7, 11) is 0. The summed E-state index contributed by atoms with van der Waals surface area (Å²) >= 11 is 0.